The first-order valence-electron chi connectivity index (χ1n) is 6.07. The summed E-state index contributed by atoms with van der Waals surface area (Å²) in [5.41, 5.74) is 0.645. The van der Waals surface area contributed by atoms with Gasteiger partial charge in [-0.05, 0) is 36.2 Å². The molecule has 0 bridgehead atoms. The molecule has 0 aliphatic carbocycles. The quantitative estimate of drug-likeness (QED) is 0.823. The van der Waals surface area contributed by atoms with Gasteiger partial charge in [0.25, 0.3) is 0 Å². The zero-order chi connectivity index (χ0) is 14.8. The molecule has 106 valence electrons. The van der Waals surface area contributed by atoms with Gasteiger partial charge in [-0.2, -0.15) is 0 Å². The maximum Gasteiger partial charge on any atom is 1.00 e. The molecular formula is C14H13BF3KO2. The molecular weight excluding hydrogens is 307 g/mol. The zero-order valence-corrected chi connectivity index (χ0v) is 14.9. The second-order valence-electron chi connectivity index (χ2n) is 4.55. The standard InChI is InChI=1S/C14H13BF3O2.K/c1-10-8-12(15(16,17)18)4-7-14(10)20-9-11-2-5-13(19)6-3-11;/h2-8,19H,9H2,1H3;/q-1;+1. The molecule has 2 aromatic rings. The Bertz CT molecular complexity index is 600. The van der Waals surface area contributed by atoms with Crippen molar-refractivity contribution in [3.8, 4) is 11.5 Å². The Balaban J connectivity index is 0.00000220. The Morgan fingerprint density at radius 3 is 2.19 bits per heavy atom. The normalized spacial score (nSPS) is 10.9. The molecule has 0 heterocycles. The molecule has 2 nitrogen and oxygen atoms in total. The van der Waals surface area contributed by atoms with E-state index in [4.69, 9.17) is 9.84 Å². The summed E-state index contributed by atoms with van der Waals surface area (Å²) in [6, 6.07) is 9.89. The number of rotatable bonds is 4. The molecule has 0 atom stereocenters. The van der Waals surface area contributed by atoms with E-state index in [2.05, 4.69) is 0 Å². The van der Waals surface area contributed by atoms with E-state index >= 15 is 0 Å². The van der Waals surface area contributed by atoms with Crippen molar-refractivity contribution >= 4 is 12.4 Å². The smallest absolute Gasteiger partial charge is 0.508 e. The second kappa shape index (κ2) is 7.69. The van der Waals surface area contributed by atoms with Crippen LogP contribution in [0, 0.1) is 6.92 Å². The van der Waals surface area contributed by atoms with Crippen LogP contribution in [0.1, 0.15) is 11.1 Å². The van der Waals surface area contributed by atoms with Crippen molar-refractivity contribution in [1.29, 1.82) is 0 Å². The maximum atomic E-state index is 12.6. The van der Waals surface area contributed by atoms with Gasteiger partial charge in [0.2, 0.25) is 0 Å². The minimum absolute atomic E-state index is 0. The summed E-state index contributed by atoms with van der Waals surface area (Å²) in [5, 5.41) is 9.15. The molecule has 0 aliphatic heterocycles. The van der Waals surface area contributed by atoms with Crippen molar-refractivity contribution in [1.82, 2.24) is 0 Å². The van der Waals surface area contributed by atoms with E-state index in [9.17, 15) is 12.9 Å². The fourth-order valence-electron chi connectivity index (χ4n) is 1.79. The Hall–Kier alpha value is -0.469. The van der Waals surface area contributed by atoms with Gasteiger partial charge in [-0.3, -0.25) is 0 Å². The van der Waals surface area contributed by atoms with Crippen LogP contribution in [0.2, 0.25) is 0 Å². The van der Waals surface area contributed by atoms with Gasteiger partial charge < -0.3 is 22.8 Å². The fraction of sp³-hybridized carbons (Fsp3) is 0.143. The van der Waals surface area contributed by atoms with Gasteiger partial charge in [-0.15, -0.1) is 5.46 Å². The Morgan fingerprint density at radius 2 is 1.67 bits per heavy atom. The number of hydrogen-bond donors (Lipinski definition) is 1. The Morgan fingerprint density at radius 1 is 1.05 bits per heavy atom. The molecule has 7 heteroatoms. The van der Waals surface area contributed by atoms with Crippen LogP contribution < -0.4 is 61.6 Å². The van der Waals surface area contributed by atoms with E-state index in [0.717, 1.165) is 17.7 Å². The van der Waals surface area contributed by atoms with Crippen molar-refractivity contribution in [2.75, 3.05) is 0 Å². The van der Waals surface area contributed by atoms with E-state index in [-0.39, 0.29) is 63.7 Å². The van der Waals surface area contributed by atoms with Crippen LogP contribution in [0.25, 0.3) is 0 Å². The van der Waals surface area contributed by atoms with Crippen molar-refractivity contribution in [2.24, 2.45) is 0 Å². The third-order valence-electron chi connectivity index (χ3n) is 2.91. The molecule has 0 unspecified atom stereocenters. The number of aryl methyl sites for hydroxylation is 1. The molecule has 2 rings (SSSR count). The van der Waals surface area contributed by atoms with Crippen LogP contribution >= 0.6 is 0 Å². The first-order chi connectivity index (χ1) is 9.36. The van der Waals surface area contributed by atoms with Gasteiger partial charge in [-0.25, -0.2) is 0 Å². The molecule has 0 spiro atoms. The molecule has 1 N–H and O–H groups in total. The first-order valence-corrected chi connectivity index (χ1v) is 6.07. The first kappa shape index (κ1) is 18.6. The summed E-state index contributed by atoms with van der Waals surface area (Å²) in [7, 11) is 0. The monoisotopic (exact) mass is 320 g/mol. The number of ether oxygens (including phenoxy) is 1. The van der Waals surface area contributed by atoms with Crippen molar-refractivity contribution < 1.29 is 74.2 Å². The number of aromatic hydroxyl groups is 1. The average Bonchev–Trinajstić information content (AvgIpc) is 2.38. The summed E-state index contributed by atoms with van der Waals surface area (Å²) in [6.07, 6.45) is 0. The average molecular weight is 320 g/mol. The van der Waals surface area contributed by atoms with E-state index < -0.39 is 12.4 Å². The van der Waals surface area contributed by atoms with Gasteiger partial charge in [0.15, 0.2) is 0 Å². The van der Waals surface area contributed by atoms with E-state index in [0.29, 0.717) is 11.3 Å². The molecule has 0 aromatic heterocycles. The third-order valence-corrected chi connectivity index (χ3v) is 2.91. The number of phenols is 1. The van der Waals surface area contributed by atoms with E-state index in [1.807, 2.05) is 0 Å². The summed E-state index contributed by atoms with van der Waals surface area (Å²) < 4.78 is 43.2. The minimum Gasteiger partial charge on any atom is -0.508 e. The SMILES string of the molecule is Cc1cc([B-](F)(F)F)ccc1OCc1ccc(O)cc1.[K+]. The van der Waals surface area contributed by atoms with Crippen molar-refractivity contribution in [3.63, 3.8) is 0 Å². The fourth-order valence-corrected chi connectivity index (χ4v) is 1.79. The summed E-state index contributed by atoms with van der Waals surface area (Å²) >= 11 is 0. The van der Waals surface area contributed by atoms with Crippen LogP contribution in [-0.4, -0.2) is 12.1 Å². The predicted octanol–water partition coefficient (Wildman–Crippen LogP) is 0.338. The van der Waals surface area contributed by atoms with Gasteiger partial charge in [0, 0.05) is 0 Å². The summed E-state index contributed by atoms with van der Waals surface area (Å²) in [6.45, 7) is -3.17. The van der Waals surface area contributed by atoms with E-state index in [1.165, 1.54) is 18.2 Å². The predicted molar refractivity (Wildman–Crippen MR) is 72.3 cm³/mol. The zero-order valence-electron chi connectivity index (χ0n) is 11.8. The van der Waals surface area contributed by atoms with Crippen molar-refractivity contribution in [2.45, 2.75) is 13.5 Å². The minimum atomic E-state index is -4.98. The van der Waals surface area contributed by atoms with Crippen LogP contribution in [-0.2, 0) is 6.61 Å². The molecule has 2 aromatic carbocycles. The molecule has 0 aliphatic rings. The van der Waals surface area contributed by atoms with Crippen LogP contribution in [0.3, 0.4) is 0 Å². The number of halogens is 3. The number of phenolic OH excluding ortho intramolecular Hbond substituents is 1. The molecule has 0 saturated carbocycles. The van der Waals surface area contributed by atoms with Crippen LogP contribution in [0.5, 0.6) is 11.5 Å². The molecule has 0 radical (unpaired) electrons. The maximum absolute atomic E-state index is 12.6. The van der Waals surface area contributed by atoms with Gasteiger partial charge in [-0.1, -0.05) is 24.3 Å². The van der Waals surface area contributed by atoms with Gasteiger partial charge in [0.1, 0.15) is 18.1 Å². The second-order valence-corrected chi connectivity index (χ2v) is 4.55. The number of hydrogen-bond acceptors (Lipinski definition) is 2. The van der Waals surface area contributed by atoms with Gasteiger partial charge in [0.05, 0.1) is 0 Å². The Kier molecular flexibility index (Phi) is 6.80. The molecule has 21 heavy (non-hydrogen) atoms. The summed E-state index contributed by atoms with van der Waals surface area (Å²) in [4.78, 5) is 0. The van der Waals surface area contributed by atoms with Crippen molar-refractivity contribution in [3.05, 3.63) is 53.6 Å². The molecule has 0 fully saturated rings. The topological polar surface area (TPSA) is 29.5 Å². The van der Waals surface area contributed by atoms with Gasteiger partial charge >= 0.3 is 58.4 Å². The molecule has 0 saturated heterocycles. The Labute approximate surface area is 163 Å². The van der Waals surface area contributed by atoms with E-state index in [1.54, 1.807) is 19.1 Å². The molecule has 0 amide bonds. The van der Waals surface area contributed by atoms with Crippen LogP contribution in [0.15, 0.2) is 42.5 Å². The summed E-state index contributed by atoms with van der Waals surface area (Å²) in [5.74, 6) is 0.573. The third kappa shape index (κ3) is 5.34. The largest absolute Gasteiger partial charge is 1.00 e. The number of benzene rings is 2. The van der Waals surface area contributed by atoms with Crippen LogP contribution in [0.4, 0.5) is 12.9 Å².